The number of aryl methyl sites for hydroxylation is 1. The van der Waals surface area contributed by atoms with Gasteiger partial charge in [0.2, 0.25) is 15.9 Å². The molecule has 2 heterocycles. The van der Waals surface area contributed by atoms with Crippen molar-refractivity contribution in [3.05, 3.63) is 47.9 Å². The van der Waals surface area contributed by atoms with E-state index in [0.29, 0.717) is 37.4 Å². The molecule has 1 fully saturated rings. The Balaban J connectivity index is 1.99. The van der Waals surface area contributed by atoms with Gasteiger partial charge in [-0.1, -0.05) is 19.1 Å². The van der Waals surface area contributed by atoms with Crippen molar-refractivity contribution in [3.63, 3.8) is 0 Å². The van der Waals surface area contributed by atoms with Crippen LogP contribution in [0.1, 0.15) is 43.2 Å². The van der Waals surface area contributed by atoms with Crippen molar-refractivity contribution in [3.8, 4) is 0 Å². The molecule has 3 N–H and O–H groups in total. The molecule has 0 unspecified atom stereocenters. The van der Waals surface area contributed by atoms with Gasteiger partial charge < -0.3 is 10.1 Å². The minimum absolute atomic E-state index is 0.00625. The number of anilines is 1. The molecule has 9 heteroatoms. The van der Waals surface area contributed by atoms with Gasteiger partial charge in [0.1, 0.15) is 12.1 Å². The molecule has 3 rings (SSSR count). The van der Waals surface area contributed by atoms with Crippen molar-refractivity contribution in [2.45, 2.75) is 43.4 Å². The summed E-state index contributed by atoms with van der Waals surface area (Å²) < 4.78 is 30.0. The monoisotopic (exact) mass is 418 g/mol. The molecule has 1 aliphatic heterocycles. The van der Waals surface area contributed by atoms with E-state index >= 15 is 0 Å². The summed E-state index contributed by atoms with van der Waals surface area (Å²) in [6, 6.07) is 6.71. The molecule has 2 aromatic rings. The van der Waals surface area contributed by atoms with Crippen molar-refractivity contribution >= 4 is 21.7 Å². The van der Waals surface area contributed by atoms with E-state index in [4.69, 9.17) is 9.88 Å². The van der Waals surface area contributed by atoms with Crippen LogP contribution < -0.4 is 10.5 Å². The average molecular weight is 419 g/mol. The van der Waals surface area contributed by atoms with Gasteiger partial charge in [-0.05, 0) is 54.9 Å². The second-order valence-electron chi connectivity index (χ2n) is 7.20. The van der Waals surface area contributed by atoms with E-state index < -0.39 is 15.9 Å². The van der Waals surface area contributed by atoms with E-state index in [9.17, 15) is 13.2 Å². The number of hydrogen-bond donors (Lipinski definition) is 2. The second-order valence-corrected chi connectivity index (χ2v) is 8.73. The summed E-state index contributed by atoms with van der Waals surface area (Å²) in [4.78, 5) is 21.1. The SMILES string of the molecule is CCc1ccc([C@@H](CC2CCOCC2)C(=O)Nc2ccncn2)c(S(N)(=O)=O)c1. The number of carbonyl (C=O) groups is 1. The zero-order valence-corrected chi connectivity index (χ0v) is 17.2. The highest BCUT2D eigenvalue weighted by molar-refractivity contribution is 7.89. The van der Waals surface area contributed by atoms with Crippen LogP contribution >= 0.6 is 0 Å². The number of hydrogen-bond acceptors (Lipinski definition) is 6. The first-order valence-corrected chi connectivity index (χ1v) is 11.2. The molecule has 0 aliphatic carbocycles. The van der Waals surface area contributed by atoms with Gasteiger partial charge in [-0.15, -0.1) is 0 Å². The van der Waals surface area contributed by atoms with E-state index in [1.165, 1.54) is 12.5 Å². The molecule has 156 valence electrons. The quantitative estimate of drug-likeness (QED) is 0.710. The third kappa shape index (κ3) is 5.59. The van der Waals surface area contributed by atoms with Crippen molar-refractivity contribution < 1.29 is 17.9 Å². The summed E-state index contributed by atoms with van der Waals surface area (Å²) in [5, 5.41) is 8.29. The number of primary sulfonamides is 1. The second kappa shape index (κ2) is 9.43. The van der Waals surface area contributed by atoms with Crippen molar-refractivity contribution in [2.24, 2.45) is 11.1 Å². The summed E-state index contributed by atoms with van der Waals surface area (Å²) in [5.41, 5.74) is 1.27. The number of benzene rings is 1. The van der Waals surface area contributed by atoms with E-state index in [-0.39, 0.29) is 16.7 Å². The molecule has 0 spiro atoms. The van der Waals surface area contributed by atoms with Crippen LogP contribution in [0.3, 0.4) is 0 Å². The smallest absolute Gasteiger partial charge is 0.238 e. The number of carbonyl (C=O) groups excluding carboxylic acids is 1. The number of rotatable bonds is 7. The molecule has 0 bridgehead atoms. The van der Waals surface area contributed by atoms with Gasteiger partial charge in [-0.25, -0.2) is 23.5 Å². The Morgan fingerprint density at radius 2 is 2.07 bits per heavy atom. The summed E-state index contributed by atoms with van der Waals surface area (Å²) in [6.45, 7) is 3.21. The number of ether oxygens (including phenoxy) is 1. The highest BCUT2D eigenvalue weighted by Gasteiger charge is 2.30. The van der Waals surface area contributed by atoms with Gasteiger partial charge in [0, 0.05) is 19.4 Å². The van der Waals surface area contributed by atoms with Gasteiger partial charge in [0.05, 0.1) is 10.8 Å². The van der Waals surface area contributed by atoms with Crippen LogP contribution in [-0.4, -0.2) is 37.5 Å². The molecule has 8 nitrogen and oxygen atoms in total. The molecule has 0 saturated carbocycles. The largest absolute Gasteiger partial charge is 0.381 e. The maximum Gasteiger partial charge on any atom is 0.238 e. The Morgan fingerprint density at radius 1 is 1.31 bits per heavy atom. The fourth-order valence-corrected chi connectivity index (χ4v) is 4.46. The van der Waals surface area contributed by atoms with Crippen LogP contribution in [0.5, 0.6) is 0 Å². The third-order valence-corrected chi connectivity index (χ3v) is 6.19. The van der Waals surface area contributed by atoms with Crippen molar-refractivity contribution in [2.75, 3.05) is 18.5 Å². The Morgan fingerprint density at radius 3 is 2.69 bits per heavy atom. The normalized spacial score (nSPS) is 16.3. The zero-order valence-electron chi connectivity index (χ0n) is 16.4. The van der Waals surface area contributed by atoms with Crippen LogP contribution in [0.15, 0.2) is 41.7 Å². The van der Waals surface area contributed by atoms with Gasteiger partial charge in [-0.3, -0.25) is 4.79 Å². The Hall–Kier alpha value is -2.36. The van der Waals surface area contributed by atoms with Gasteiger partial charge in [0.15, 0.2) is 0 Å². The molecule has 0 radical (unpaired) electrons. The maximum atomic E-state index is 13.2. The average Bonchev–Trinajstić information content (AvgIpc) is 2.72. The zero-order chi connectivity index (χ0) is 20.9. The van der Waals surface area contributed by atoms with Crippen molar-refractivity contribution in [1.29, 1.82) is 0 Å². The highest BCUT2D eigenvalue weighted by Crippen LogP contribution is 2.34. The van der Waals surface area contributed by atoms with Gasteiger partial charge >= 0.3 is 0 Å². The lowest BCUT2D eigenvalue weighted by Crippen LogP contribution is -2.28. The van der Waals surface area contributed by atoms with Crippen LogP contribution in [0.2, 0.25) is 0 Å². The molecule has 1 saturated heterocycles. The molecule has 1 atom stereocenters. The first-order valence-electron chi connectivity index (χ1n) is 9.68. The number of aromatic nitrogens is 2. The lowest BCUT2D eigenvalue weighted by atomic mass is 9.84. The van der Waals surface area contributed by atoms with Gasteiger partial charge in [0.25, 0.3) is 0 Å². The Kier molecular flexibility index (Phi) is 6.94. The minimum atomic E-state index is -3.99. The highest BCUT2D eigenvalue weighted by atomic mass is 32.2. The topological polar surface area (TPSA) is 124 Å². The Bertz CT molecular complexity index is 944. The Labute approximate surface area is 170 Å². The number of nitrogens with two attached hydrogens (primary N) is 1. The van der Waals surface area contributed by atoms with Crippen molar-refractivity contribution in [1.82, 2.24) is 9.97 Å². The molecule has 29 heavy (non-hydrogen) atoms. The van der Waals surface area contributed by atoms with Crippen LogP contribution in [0.4, 0.5) is 5.82 Å². The van der Waals surface area contributed by atoms with Gasteiger partial charge in [-0.2, -0.15) is 0 Å². The summed E-state index contributed by atoms with van der Waals surface area (Å²) in [6.07, 6.45) is 5.70. The minimum Gasteiger partial charge on any atom is -0.381 e. The number of nitrogens with zero attached hydrogens (tertiary/aromatic N) is 2. The maximum absolute atomic E-state index is 13.2. The summed E-state index contributed by atoms with van der Waals surface area (Å²) in [5.74, 6) is -0.370. The molecule has 1 aliphatic rings. The molecule has 1 aromatic carbocycles. The fraction of sp³-hybridized carbons (Fsp3) is 0.450. The summed E-state index contributed by atoms with van der Waals surface area (Å²) >= 11 is 0. The first-order chi connectivity index (χ1) is 13.9. The lowest BCUT2D eigenvalue weighted by molar-refractivity contribution is -0.118. The number of nitrogens with one attached hydrogen (secondary N) is 1. The first kappa shape index (κ1) is 21.4. The molecular weight excluding hydrogens is 392 g/mol. The number of amides is 1. The molecule has 1 aromatic heterocycles. The van der Waals surface area contributed by atoms with Crippen LogP contribution in [0, 0.1) is 5.92 Å². The molecule has 1 amide bonds. The third-order valence-electron chi connectivity index (χ3n) is 5.23. The lowest BCUT2D eigenvalue weighted by Gasteiger charge is -2.27. The summed E-state index contributed by atoms with van der Waals surface area (Å²) in [7, 11) is -3.99. The van der Waals surface area contributed by atoms with E-state index in [0.717, 1.165) is 18.4 Å². The van der Waals surface area contributed by atoms with Crippen LogP contribution in [-0.2, 0) is 26.0 Å². The van der Waals surface area contributed by atoms with E-state index in [1.54, 1.807) is 18.2 Å². The van der Waals surface area contributed by atoms with Crippen LogP contribution in [0.25, 0.3) is 0 Å². The number of sulfonamides is 1. The fourth-order valence-electron chi connectivity index (χ4n) is 3.60. The van der Waals surface area contributed by atoms with E-state index in [2.05, 4.69) is 15.3 Å². The van der Waals surface area contributed by atoms with E-state index in [1.807, 2.05) is 13.0 Å². The predicted molar refractivity (Wildman–Crippen MR) is 109 cm³/mol. The molecular formula is C20H26N4O4S. The standard InChI is InChI=1S/C20H26N4O4S/c1-2-14-3-4-16(18(12-14)29(21,26)27)17(11-15-6-9-28-10-7-15)20(25)24-19-5-8-22-13-23-19/h3-5,8,12-13,15,17H,2,6-7,9-11H2,1H3,(H2,21,26,27)(H,22,23,24,25)/t17-/m1/s1. The predicted octanol–water partition coefficient (Wildman–Crippen LogP) is 2.23.